The molecule has 0 atom stereocenters. The molecule has 20 heavy (non-hydrogen) atoms. The number of rotatable bonds is 5. The van der Waals surface area contributed by atoms with Crippen molar-refractivity contribution in [1.82, 2.24) is 10.0 Å². The number of nitrogens with one attached hydrogen (secondary N) is 2. The van der Waals surface area contributed by atoms with Crippen molar-refractivity contribution < 1.29 is 13.2 Å². The molecule has 0 bridgehead atoms. The highest BCUT2D eigenvalue weighted by Gasteiger charge is 2.25. The van der Waals surface area contributed by atoms with Gasteiger partial charge in [-0.3, -0.25) is 4.79 Å². The van der Waals surface area contributed by atoms with Gasteiger partial charge in [0.2, 0.25) is 15.9 Å². The Morgan fingerprint density at radius 3 is 2.35 bits per heavy atom. The van der Waals surface area contributed by atoms with E-state index in [4.69, 9.17) is 5.73 Å². The molecule has 1 aliphatic rings. The Hall–Kier alpha value is -1.60. The fraction of sp³-hybridized carbons (Fsp3) is 0.462. The maximum Gasteiger partial charge on any atom is 0.241 e. The van der Waals surface area contributed by atoms with E-state index in [1.54, 1.807) is 26.0 Å². The zero-order valence-corrected chi connectivity index (χ0v) is 12.4. The van der Waals surface area contributed by atoms with Gasteiger partial charge in [-0.2, -0.15) is 0 Å². The highest BCUT2D eigenvalue weighted by Crippen LogP contribution is 2.22. The van der Waals surface area contributed by atoms with E-state index in [2.05, 4.69) is 10.0 Å². The molecule has 1 amide bonds. The zero-order valence-electron chi connectivity index (χ0n) is 11.6. The number of aryl methyl sites for hydroxylation is 2. The predicted octanol–water partition coefficient (Wildman–Crippen LogP) is 0.443. The van der Waals surface area contributed by atoms with Gasteiger partial charge in [0.05, 0.1) is 11.4 Å². The SMILES string of the molecule is Cc1cc(N)cc(C)c1S(=O)(=O)NCC(=O)NC1CC1. The summed E-state index contributed by atoms with van der Waals surface area (Å²) in [7, 11) is -3.72. The molecule has 1 aliphatic carbocycles. The van der Waals surface area contributed by atoms with Crippen molar-refractivity contribution in [3.8, 4) is 0 Å². The van der Waals surface area contributed by atoms with Crippen molar-refractivity contribution in [1.29, 1.82) is 0 Å². The molecule has 0 aromatic heterocycles. The number of hydrogen-bond acceptors (Lipinski definition) is 4. The summed E-state index contributed by atoms with van der Waals surface area (Å²) < 4.78 is 26.8. The van der Waals surface area contributed by atoms with Crippen molar-refractivity contribution in [2.45, 2.75) is 37.6 Å². The number of nitrogen functional groups attached to an aromatic ring is 1. The molecule has 7 heteroatoms. The normalized spacial score (nSPS) is 15.1. The first-order chi connectivity index (χ1) is 9.29. The second-order valence-electron chi connectivity index (χ2n) is 5.15. The number of carbonyl (C=O) groups is 1. The van der Waals surface area contributed by atoms with Crippen LogP contribution >= 0.6 is 0 Å². The lowest BCUT2D eigenvalue weighted by Crippen LogP contribution is -2.38. The van der Waals surface area contributed by atoms with Crippen LogP contribution in [0.4, 0.5) is 5.69 Å². The third-order valence-corrected chi connectivity index (χ3v) is 4.82. The van der Waals surface area contributed by atoms with Gasteiger partial charge in [0.15, 0.2) is 0 Å². The van der Waals surface area contributed by atoms with E-state index in [0.29, 0.717) is 16.8 Å². The van der Waals surface area contributed by atoms with Crippen LogP contribution < -0.4 is 15.8 Å². The van der Waals surface area contributed by atoms with Crippen molar-refractivity contribution in [2.75, 3.05) is 12.3 Å². The molecule has 0 heterocycles. The number of nitrogens with two attached hydrogens (primary N) is 1. The van der Waals surface area contributed by atoms with Crippen molar-refractivity contribution in [3.63, 3.8) is 0 Å². The van der Waals surface area contributed by atoms with Gasteiger partial charge in [-0.25, -0.2) is 13.1 Å². The third kappa shape index (κ3) is 3.49. The van der Waals surface area contributed by atoms with Crippen LogP contribution in [0.25, 0.3) is 0 Å². The fourth-order valence-electron chi connectivity index (χ4n) is 2.15. The topological polar surface area (TPSA) is 101 Å². The molecule has 0 unspecified atom stereocenters. The minimum Gasteiger partial charge on any atom is -0.399 e. The Bertz CT molecular complexity index is 613. The first-order valence-corrected chi connectivity index (χ1v) is 7.93. The average Bonchev–Trinajstić information content (AvgIpc) is 3.08. The molecule has 1 saturated carbocycles. The van der Waals surface area contributed by atoms with Crippen LogP contribution in [0.1, 0.15) is 24.0 Å². The van der Waals surface area contributed by atoms with Gasteiger partial charge in [-0.05, 0) is 49.9 Å². The molecule has 4 N–H and O–H groups in total. The van der Waals surface area contributed by atoms with Crippen molar-refractivity contribution in [2.24, 2.45) is 0 Å². The highest BCUT2D eigenvalue weighted by atomic mass is 32.2. The smallest absolute Gasteiger partial charge is 0.241 e. The summed E-state index contributed by atoms with van der Waals surface area (Å²) in [5.41, 5.74) is 7.33. The Morgan fingerprint density at radius 1 is 1.30 bits per heavy atom. The largest absolute Gasteiger partial charge is 0.399 e. The summed E-state index contributed by atoms with van der Waals surface area (Å²) in [5, 5.41) is 2.73. The number of benzene rings is 1. The van der Waals surface area contributed by atoms with E-state index in [-0.39, 0.29) is 23.4 Å². The van der Waals surface area contributed by atoms with E-state index < -0.39 is 10.0 Å². The number of carbonyl (C=O) groups excluding carboxylic acids is 1. The quantitative estimate of drug-likeness (QED) is 0.686. The predicted molar refractivity (Wildman–Crippen MR) is 76.7 cm³/mol. The molecule has 110 valence electrons. The van der Waals surface area contributed by atoms with Gasteiger partial charge in [0, 0.05) is 11.7 Å². The Kier molecular flexibility index (Phi) is 4.01. The molecular weight excluding hydrogens is 278 g/mol. The summed E-state index contributed by atoms with van der Waals surface area (Å²) in [4.78, 5) is 11.7. The van der Waals surface area contributed by atoms with Gasteiger partial charge < -0.3 is 11.1 Å². The number of amides is 1. The number of sulfonamides is 1. The van der Waals surface area contributed by atoms with E-state index in [1.165, 1.54) is 0 Å². The van der Waals surface area contributed by atoms with E-state index >= 15 is 0 Å². The molecule has 0 saturated heterocycles. The van der Waals surface area contributed by atoms with Crippen LogP contribution in [0, 0.1) is 13.8 Å². The van der Waals surface area contributed by atoms with Crippen molar-refractivity contribution >= 4 is 21.6 Å². The average molecular weight is 297 g/mol. The summed E-state index contributed by atoms with van der Waals surface area (Å²) in [6.45, 7) is 3.12. The van der Waals surface area contributed by atoms with Gasteiger partial charge in [-0.15, -0.1) is 0 Å². The monoisotopic (exact) mass is 297 g/mol. The number of anilines is 1. The van der Waals surface area contributed by atoms with E-state index in [9.17, 15) is 13.2 Å². The van der Waals surface area contributed by atoms with Crippen LogP contribution in [-0.2, 0) is 14.8 Å². The second-order valence-corrected chi connectivity index (χ2v) is 6.85. The first-order valence-electron chi connectivity index (χ1n) is 6.45. The maximum atomic E-state index is 12.3. The standard InChI is InChI=1S/C13H19N3O3S/c1-8-5-10(14)6-9(2)13(8)20(18,19)15-7-12(17)16-11-3-4-11/h5-6,11,15H,3-4,7,14H2,1-2H3,(H,16,17). The van der Waals surface area contributed by atoms with Crippen LogP contribution in [0.3, 0.4) is 0 Å². The molecule has 0 spiro atoms. The van der Waals surface area contributed by atoms with Crippen LogP contribution in [-0.4, -0.2) is 26.9 Å². The maximum absolute atomic E-state index is 12.3. The lowest BCUT2D eigenvalue weighted by atomic mass is 10.1. The molecule has 6 nitrogen and oxygen atoms in total. The van der Waals surface area contributed by atoms with Gasteiger partial charge >= 0.3 is 0 Å². The Balaban J connectivity index is 2.11. The summed E-state index contributed by atoms with van der Waals surface area (Å²) >= 11 is 0. The highest BCUT2D eigenvalue weighted by molar-refractivity contribution is 7.89. The minimum absolute atomic E-state index is 0.186. The Morgan fingerprint density at radius 2 is 1.85 bits per heavy atom. The van der Waals surface area contributed by atoms with Gasteiger partial charge in [-0.1, -0.05) is 0 Å². The Labute approximate surface area is 118 Å². The van der Waals surface area contributed by atoms with E-state index in [0.717, 1.165) is 12.8 Å². The molecular formula is C13H19N3O3S. The fourth-order valence-corrected chi connectivity index (χ4v) is 3.58. The zero-order chi connectivity index (χ0) is 14.9. The first kappa shape index (κ1) is 14.8. The molecule has 0 radical (unpaired) electrons. The van der Waals surface area contributed by atoms with E-state index in [1.807, 2.05) is 0 Å². The van der Waals surface area contributed by atoms with Gasteiger partial charge in [0.1, 0.15) is 0 Å². The van der Waals surface area contributed by atoms with Crippen LogP contribution in [0.5, 0.6) is 0 Å². The lowest BCUT2D eigenvalue weighted by Gasteiger charge is -2.13. The lowest BCUT2D eigenvalue weighted by molar-refractivity contribution is -0.120. The summed E-state index contributed by atoms with van der Waals surface area (Å²) in [6, 6.07) is 3.42. The summed E-state index contributed by atoms with van der Waals surface area (Å²) in [6.07, 6.45) is 1.93. The molecule has 1 aromatic carbocycles. The number of hydrogen-bond donors (Lipinski definition) is 3. The van der Waals surface area contributed by atoms with Crippen LogP contribution in [0.2, 0.25) is 0 Å². The second kappa shape index (κ2) is 5.41. The molecule has 2 rings (SSSR count). The third-order valence-electron chi connectivity index (χ3n) is 3.12. The molecule has 1 fully saturated rings. The summed E-state index contributed by atoms with van der Waals surface area (Å²) in [5.74, 6) is -0.304. The molecule has 0 aliphatic heterocycles. The minimum atomic E-state index is -3.72. The molecule has 1 aromatic rings. The van der Waals surface area contributed by atoms with Crippen molar-refractivity contribution in [3.05, 3.63) is 23.3 Å². The van der Waals surface area contributed by atoms with Crippen LogP contribution in [0.15, 0.2) is 17.0 Å². The van der Waals surface area contributed by atoms with Gasteiger partial charge in [0.25, 0.3) is 0 Å².